The van der Waals surface area contributed by atoms with Gasteiger partial charge >= 0.3 is 0 Å². The highest BCUT2D eigenvalue weighted by molar-refractivity contribution is 6.03. The average Bonchev–Trinajstić information content (AvgIpc) is 2.51. The van der Waals surface area contributed by atoms with E-state index in [1.165, 1.54) is 11.6 Å². The minimum atomic E-state index is -0.575. The van der Waals surface area contributed by atoms with Crippen molar-refractivity contribution < 1.29 is 19.4 Å². The van der Waals surface area contributed by atoms with E-state index >= 15 is 0 Å². The van der Waals surface area contributed by atoms with Gasteiger partial charge in [0.05, 0.1) is 12.5 Å². The fourth-order valence-corrected chi connectivity index (χ4v) is 3.12. The van der Waals surface area contributed by atoms with E-state index in [1.807, 2.05) is 39.0 Å². The normalized spacial score (nSPS) is 16.7. The van der Waals surface area contributed by atoms with Gasteiger partial charge in [-0.05, 0) is 39.2 Å². The molecule has 0 aromatic heterocycles. The predicted octanol–water partition coefficient (Wildman–Crippen LogP) is 4.54. The van der Waals surface area contributed by atoms with E-state index in [0.29, 0.717) is 11.5 Å². The van der Waals surface area contributed by atoms with E-state index in [1.54, 1.807) is 6.07 Å². The van der Waals surface area contributed by atoms with Crippen LogP contribution in [0.1, 0.15) is 49.5 Å². The molecule has 0 radical (unpaired) electrons. The van der Waals surface area contributed by atoms with Gasteiger partial charge in [-0.25, -0.2) is 0 Å². The number of hydrogen-bond donors (Lipinski definition) is 1. The highest BCUT2D eigenvalue weighted by Gasteiger charge is 2.35. The summed E-state index contributed by atoms with van der Waals surface area (Å²) < 4.78 is 11.8. The first-order valence-electron chi connectivity index (χ1n) is 8.64. The number of phenols is 1. The third-order valence-corrected chi connectivity index (χ3v) is 4.33. The maximum Gasteiger partial charge on any atom is 0.174 e. The molecular weight excluding hydrogens is 316 g/mol. The molecule has 2 aromatic carbocycles. The highest BCUT2D eigenvalue weighted by atomic mass is 16.5. The van der Waals surface area contributed by atoms with Gasteiger partial charge in [-0.1, -0.05) is 30.3 Å². The Hall–Kier alpha value is -2.49. The Morgan fingerprint density at radius 2 is 1.96 bits per heavy atom. The Labute approximate surface area is 148 Å². The second-order valence-electron chi connectivity index (χ2n) is 7.23. The number of ketones is 1. The lowest BCUT2D eigenvalue weighted by molar-refractivity contribution is 0.0611. The van der Waals surface area contributed by atoms with Gasteiger partial charge in [-0.15, -0.1) is 0 Å². The van der Waals surface area contributed by atoms with Crippen LogP contribution in [0.5, 0.6) is 17.2 Å². The summed E-state index contributed by atoms with van der Waals surface area (Å²) in [5, 5.41) is 10.2. The first-order valence-corrected chi connectivity index (χ1v) is 8.64. The smallest absolute Gasteiger partial charge is 0.174 e. The Morgan fingerprint density at radius 3 is 2.68 bits per heavy atom. The van der Waals surface area contributed by atoms with Crippen molar-refractivity contribution in [3.05, 3.63) is 53.6 Å². The summed E-state index contributed by atoms with van der Waals surface area (Å²) in [6.07, 6.45) is 2.00. The molecule has 0 spiro atoms. The number of aromatic hydroxyl groups is 1. The van der Waals surface area contributed by atoms with Crippen molar-refractivity contribution in [3.63, 3.8) is 0 Å². The largest absolute Gasteiger partial charge is 0.507 e. The summed E-state index contributed by atoms with van der Waals surface area (Å²) in [5.74, 6) is 0.726. The Morgan fingerprint density at radius 1 is 1.24 bits per heavy atom. The Kier molecular flexibility index (Phi) is 4.71. The minimum Gasteiger partial charge on any atom is -0.507 e. The van der Waals surface area contributed by atoms with Crippen LogP contribution in [0.15, 0.2) is 42.5 Å². The second kappa shape index (κ2) is 6.79. The fourth-order valence-electron chi connectivity index (χ4n) is 3.12. The highest BCUT2D eigenvalue weighted by Crippen LogP contribution is 2.41. The van der Waals surface area contributed by atoms with Crippen LogP contribution in [0.4, 0.5) is 0 Å². The Bertz CT molecular complexity index is 765. The van der Waals surface area contributed by atoms with E-state index in [4.69, 9.17) is 9.47 Å². The first kappa shape index (κ1) is 17.3. The maximum absolute atomic E-state index is 12.2. The Balaban J connectivity index is 1.71. The number of fused-ring (bicyclic) bond motifs is 1. The van der Waals surface area contributed by atoms with Gasteiger partial charge in [-0.3, -0.25) is 4.79 Å². The molecule has 1 atom stereocenters. The molecule has 3 rings (SSSR count). The second-order valence-corrected chi connectivity index (χ2v) is 7.23. The fraction of sp³-hybridized carbons (Fsp3) is 0.381. The summed E-state index contributed by atoms with van der Waals surface area (Å²) in [6.45, 7) is 5.72. The average molecular weight is 340 g/mol. The van der Waals surface area contributed by atoms with Gasteiger partial charge in [0.25, 0.3) is 0 Å². The zero-order valence-electron chi connectivity index (χ0n) is 14.9. The maximum atomic E-state index is 12.2. The molecular formula is C21H24O4. The predicted molar refractivity (Wildman–Crippen MR) is 96.6 cm³/mol. The molecule has 0 saturated carbocycles. The molecule has 132 valence electrons. The summed E-state index contributed by atoms with van der Waals surface area (Å²) in [7, 11) is 0. The summed E-state index contributed by atoms with van der Waals surface area (Å²) in [5.41, 5.74) is 0.944. The first-order chi connectivity index (χ1) is 11.8. The van der Waals surface area contributed by atoms with Crippen LogP contribution in [-0.4, -0.2) is 22.6 Å². The molecule has 0 fully saturated rings. The van der Waals surface area contributed by atoms with Gasteiger partial charge in [0.15, 0.2) is 5.78 Å². The molecule has 1 unspecified atom stereocenters. The quantitative estimate of drug-likeness (QED) is 0.868. The van der Waals surface area contributed by atoms with Gasteiger partial charge in [-0.2, -0.15) is 0 Å². The number of Topliss-reactive ketones (excluding diaryl/α,β-unsaturated/α-hetero) is 1. The minimum absolute atomic E-state index is 0.0232. The van der Waals surface area contributed by atoms with Crippen molar-refractivity contribution in [2.75, 3.05) is 0 Å². The van der Waals surface area contributed by atoms with Crippen molar-refractivity contribution >= 4 is 5.78 Å². The number of hydrogen-bond acceptors (Lipinski definition) is 4. The molecule has 0 bridgehead atoms. The summed E-state index contributed by atoms with van der Waals surface area (Å²) in [6, 6.07) is 13.4. The number of benzene rings is 2. The third kappa shape index (κ3) is 4.13. The molecule has 4 nitrogen and oxygen atoms in total. The van der Waals surface area contributed by atoms with E-state index in [9.17, 15) is 9.90 Å². The van der Waals surface area contributed by atoms with Gasteiger partial charge in [0.1, 0.15) is 28.4 Å². The van der Waals surface area contributed by atoms with Crippen molar-refractivity contribution in [1.29, 1.82) is 0 Å². The number of carbonyl (C=O) groups excluding carboxylic acids is 1. The topological polar surface area (TPSA) is 55.8 Å². The monoisotopic (exact) mass is 340 g/mol. The molecule has 4 heteroatoms. The van der Waals surface area contributed by atoms with Crippen LogP contribution in [0, 0.1) is 0 Å². The molecule has 1 aliphatic rings. The summed E-state index contributed by atoms with van der Waals surface area (Å²) in [4.78, 5) is 12.2. The molecule has 0 aliphatic carbocycles. The van der Waals surface area contributed by atoms with Gasteiger partial charge in [0, 0.05) is 12.1 Å². The van der Waals surface area contributed by atoms with Crippen molar-refractivity contribution in [3.8, 4) is 17.2 Å². The molecule has 2 aromatic rings. The van der Waals surface area contributed by atoms with Crippen molar-refractivity contribution in [1.82, 2.24) is 0 Å². The molecule has 1 aliphatic heterocycles. The lowest BCUT2D eigenvalue weighted by Gasteiger charge is -2.32. The number of aryl methyl sites for hydroxylation is 1. The van der Waals surface area contributed by atoms with E-state index in [0.717, 1.165) is 12.8 Å². The van der Waals surface area contributed by atoms with Gasteiger partial charge < -0.3 is 14.6 Å². The number of ether oxygens (including phenoxy) is 2. The lowest BCUT2D eigenvalue weighted by atomic mass is 9.92. The van der Waals surface area contributed by atoms with Crippen molar-refractivity contribution in [2.24, 2.45) is 0 Å². The number of rotatable bonds is 5. The lowest BCUT2D eigenvalue weighted by Crippen LogP contribution is -2.35. The third-order valence-electron chi connectivity index (χ3n) is 4.33. The number of carbonyl (C=O) groups is 1. The SMILES string of the molecule is CC(CCc1ccccc1)Oc1cc(O)c2c(c1)OC(C)(C)CC2=O. The molecule has 1 N–H and O–H groups in total. The van der Waals surface area contributed by atoms with E-state index < -0.39 is 5.60 Å². The number of phenolic OH excluding ortho intramolecular Hbond substituents is 1. The van der Waals surface area contributed by atoms with E-state index in [2.05, 4.69) is 12.1 Å². The van der Waals surface area contributed by atoms with Crippen LogP contribution < -0.4 is 9.47 Å². The zero-order valence-corrected chi connectivity index (χ0v) is 14.9. The van der Waals surface area contributed by atoms with Crippen LogP contribution >= 0.6 is 0 Å². The zero-order chi connectivity index (χ0) is 18.0. The van der Waals surface area contributed by atoms with Crippen LogP contribution in [0.2, 0.25) is 0 Å². The summed E-state index contributed by atoms with van der Waals surface area (Å²) >= 11 is 0. The van der Waals surface area contributed by atoms with Crippen LogP contribution in [0.25, 0.3) is 0 Å². The molecule has 0 saturated heterocycles. The molecule has 1 heterocycles. The van der Waals surface area contributed by atoms with E-state index in [-0.39, 0.29) is 29.6 Å². The van der Waals surface area contributed by atoms with Crippen LogP contribution in [-0.2, 0) is 6.42 Å². The molecule has 25 heavy (non-hydrogen) atoms. The van der Waals surface area contributed by atoms with Gasteiger partial charge in [0.2, 0.25) is 0 Å². The standard InChI is InChI=1S/C21H24O4/c1-14(9-10-15-7-5-4-6-8-15)24-16-11-17(22)20-18(23)13-21(2,3)25-19(20)12-16/h4-8,11-12,14,22H,9-10,13H2,1-3H3. The van der Waals surface area contributed by atoms with Crippen LogP contribution in [0.3, 0.4) is 0 Å². The molecule has 0 amide bonds. The van der Waals surface area contributed by atoms with Crippen molar-refractivity contribution in [2.45, 2.75) is 51.7 Å².